The predicted octanol–water partition coefficient (Wildman–Crippen LogP) is -0.0153. The van der Waals surface area contributed by atoms with Crippen LogP contribution in [0.5, 0.6) is 0 Å². The van der Waals surface area contributed by atoms with E-state index in [0.29, 0.717) is 18.7 Å². The van der Waals surface area contributed by atoms with Gasteiger partial charge in [-0.25, -0.2) is 0 Å². The van der Waals surface area contributed by atoms with Gasteiger partial charge in [-0.2, -0.15) is 10.2 Å². The maximum absolute atomic E-state index is 11.5. The van der Waals surface area contributed by atoms with Crippen LogP contribution in [0.25, 0.3) is 0 Å². The Hall–Kier alpha value is -2.31. The summed E-state index contributed by atoms with van der Waals surface area (Å²) in [5.74, 6) is -0.331. The van der Waals surface area contributed by atoms with E-state index in [2.05, 4.69) is 10.2 Å². The number of ether oxygens (including phenoxy) is 1. The van der Waals surface area contributed by atoms with Crippen LogP contribution in [-0.2, 0) is 29.5 Å². The van der Waals surface area contributed by atoms with Gasteiger partial charge < -0.3 is 10.5 Å². The highest BCUT2D eigenvalue weighted by molar-refractivity contribution is 5.69. The Morgan fingerprint density at radius 1 is 1.39 bits per heavy atom. The van der Waals surface area contributed by atoms with Crippen molar-refractivity contribution < 1.29 is 9.53 Å². The third-order valence-corrected chi connectivity index (χ3v) is 2.36. The third-order valence-electron chi connectivity index (χ3n) is 2.36. The molecule has 0 aliphatic rings. The van der Waals surface area contributed by atoms with Crippen molar-refractivity contribution in [3.8, 4) is 0 Å². The Bertz CT molecular complexity index is 531. The maximum Gasteiger partial charge on any atom is 0.327 e. The number of carbonyl (C=O) groups is 1. The molecule has 0 aliphatic heterocycles. The molecule has 96 valence electrons. The van der Waals surface area contributed by atoms with Gasteiger partial charge in [-0.15, -0.1) is 0 Å². The number of anilines is 1. The number of nitrogens with zero attached hydrogens (tertiary/aromatic N) is 4. The lowest BCUT2D eigenvalue weighted by molar-refractivity contribution is -0.144. The fourth-order valence-electron chi connectivity index (χ4n) is 1.53. The molecule has 0 fully saturated rings. The number of esters is 1. The lowest BCUT2D eigenvalue weighted by atomic mass is 10.3. The molecule has 0 aliphatic carbocycles. The summed E-state index contributed by atoms with van der Waals surface area (Å²) in [6.07, 6.45) is 7.37. The van der Waals surface area contributed by atoms with Crippen LogP contribution in [-0.4, -0.2) is 32.1 Å². The van der Waals surface area contributed by atoms with E-state index in [4.69, 9.17) is 10.5 Å². The SMILES string of the molecule is Cn1cc(CCOC(=O)Cn2cc(N)cn2)cn1. The standard InChI is InChI=1S/C11H15N5O2/c1-15-6-9(4-13-15)2-3-18-11(17)8-16-7-10(12)5-14-16/h4-7H,2-3,8,12H2,1H3. The Balaban J connectivity index is 1.72. The smallest absolute Gasteiger partial charge is 0.327 e. The minimum Gasteiger partial charge on any atom is -0.464 e. The van der Waals surface area contributed by atoms with Crippen molar-refractivity contribution in [3.05, 3.63) is 30.4 Å². The minimum atomic E-state index is -0.331. The molecule has 0 spiro atoms. The predicted molar refractivity (Wildman–Crippen MR) is 64.5 cm³/mol. The van der Waals surface area contributed by atoms with Crippen LogP contribution >= 0.6 is 0 Å². The zero-order valence-electron chi connectivity index (χ0n) is 10.1. The summed E-state index contributed by atoms with van der Waals surface area (Å²) in [4.78, 5) is 11.5. The van der Waals surface area contributed by atoms with Crippen LogP contribution in [0.1, 0.15) is 5.56 Å². The largest absolute Gasteiger partial charge is 0.464 e. The van der Waals surface area contributed by atoms with Gasteiger partial charge in [0.15, 0.2) is 0 Å². The molecule has 2 N–H and O–H groups in total. The first kappa shape index (κ1) is 12.2. The molecule has 2 aromatic heterocycles. The van der Waals surface area contributed by atoms with Crippen molar-refractivity contribution >= 4 is 11.7 Å². The molecule has 2 aromatic rings. The first-order valence-electron chi connectivity index (χ1n) is 5.54. The van der Waals surface area contributed by atoms with E-state index < -0.39 is 0 Å². The number of aryl methyl sites for hydroxylation is 1. The molecule has 0 unspecified atom stereocenters. The van der Waals surface area contributed by atoms with Gasteiger partial charge in [-0.1, -0.05) is 0 Å². The lowest BCUT2D eigenvalue weighted by Gasteiger charge is -2.03. The fraction of sp³-hybridized carbons (Fsp3) is 0.364. The second-order valence-electron chi connectivity index (χ2n) is 3.96. The molecule has 0 radical (unpaired) electrons. The topological polar surface area (TPSA) is 88.0 Å². The maximum atomic E-state index is 11.5. The Morgan fingerprint density at radius 3 is 2.83 bits per heavy atom. The molecule has 0 saturated carbocycles. The highest BCUT2D eigenvalue weighted by atomic mass is 16.5. The van der Waals surface area contributed by atoms with Crippen molar-refractivity contribution in [1.29, 1.82) is 0 Å². The van der Waals surface area contributed by atoms with Gasteiger partial charge in [0, 0.05) is 25.9 Å². The third kappa shape index (κ3) is 3.34. The van der Waals surface area contributed by atoms with E-state index >= 15 is 0 Å². The van der Waals surface area contributed by atoms with Gasteiger partial charge >= 0.3 is 5.97 Å². The summed E-state index contributed by atoms with van der Waals surface area (Å²) in [6.45, 7) is 0.408. The number of carbonyl (C=O) groups excluding carboxylic acids is 1. The monoisotopic (exact) mass is 249 g/mol. The summed E-state index contributed by atoms with van der Waals surface area (Å²) in [5, 5.41) is 7.94. The number of hydrogen-bond acceptors (Lipinski definition) is 5. The van der Waals surface area contributed by atoms with Crippen LogP contribution in [0.3, 0.4) is 0 Å². The average molecular weight is 249 g/mol. The number of nitrogen functional groups attached to an aromatic ring is 1. The molecule has 2 heterocycles. The van der Waals surface area contributed by atoms with Crippen LogP contribution in [0.15, 0.2) is 24.8 Å². The Labute approximate surface area is 104 Å². The zero-order valence-corrected chi connectivity index (χ0v) is 10.1. The molecular weight excluding hydrogens is 234 g/mol. The second kappa shape index (κ2) is 5.35. The minimum absolute atomic E-state index is 0.0737. The summed E-state index contributed by atoms with van der Waals surface area (Å²) in [6, 6.07) is 0. The van der Waals surface area contributed by atoms with Gasteiger partial charge in [-0.3, -0.25) is 14.2 Å². The van der Waals surface area contributed by atoms with E-state index in [-0.39, 0.29) is 12.5 Å². The molecule has 2 rings (SSSR count). The van der Waals surface area contributed by atoms with E-state index in [1.165, 1.54) is 10.9 Å². The zero-order chi connectivity index (χ0) is 13.0. The molecular formula is C11H15N5O2. The average Bonchev–Trinajstić information content (AvgIpc) is 2.88. The first-order chi connectivity index (χ1) is 8.63. The molecule has 18 heavy (non-hydrogen) atoms. The summed E-state index contributed by atoms with van der Waals surface area (Å²) in [5.41, 5.74) is 7.05. The summed E-state index contributed by atoms with van der Waals surface area (Å²) >= 11 is 0. The highest BCUT2D eigenvalue weighted by Crippen LogP contribution is 2.00. The normalized spacial score (nSPS) is 10.5. The highest BCUT2D eigenvalue weighted by Gasteiger charge is 2.05. The van der Waals surface area contributed by atoms with E-state index in [1.54, 1.807) is 17.1 Å². The summed E-state index contributed by atoms with van der Waals surface area (Å²) in [7, 11) is 1.84. The van der Waals surface area contributed by atoms with Crippen molar-refractivity contribution in [3.63, 3.8) is 0 Å². The van der Waals surface area contributed by atoms with E-state index in [9.17, 15) is 4.79 Å². The van der Waals surface area contributed by atoms with Crippen LogP contribution in [0.2, 0.25) is 0 Å². The Kier molecular flexibility index (Phi) is 3.61. The molecule has 0 aromatic carbocycles. The fourth-order valence-corrected chi connectivity index (χ4v) is 1.53. The lowest BCUT2D eigenvalue weighted by Crippen LogP contribution is -2.15. The molecule has 0 bridgehead atoms. The molecule has 0 saturated heterocycles. The number of hydrogen-bond donors (Lipinski definition) is 1. The number of aromatic nitrogens is 4. The first-order valence-corrected chi connectivity index (χ1v) is 5.54. The van der Waals surface area contributed by atoms with Crippen LogP contribution in [0, 0.1) is 0 Å². The van der Waals surface area contributed by atoms with E-state index in [0.717, 1.165) is 5.56 Å². The molecule has 7 heteroatoms. The van der Waals surface area contributed by atoms with Gasteiger partial charge in [0.25, 0.3) is 0 Å². The summed E-state index contributed by atoms with van der Waals surface area (Å²) < 4.78 is 8.25. The van der Waals surface area contributed by atoms with Gasteiger partial charge in [0.1, 0.15) is 6.54 Å². The van der Waals surface area contributed by atoms with Crippen LogP contribution < -0.4 is 5.73 Å². The molecule has 7 nitrogen and oxygen atoms in total. The van der Waals surface area contributed by atoms with E-state index in [1.807, 2.05) is 13.2 Å². The second-order valence-corrected chi connectivity index (χ2v) is 3.96. The quantitative estimate of drug-likeness (QED) is 0.753. The van der Waals surface area contributed by atoms with Crippen molar-refractivity contribution in [2.75, 3.05) is 12.3 Å². The van der Waals surface area contributed by atoms with Crippen molar-refractivity contribution in [1.82, 2.24) is 19.6 Å². The number of rotatable bonds is 5. The Morgan fingerprint density at radius 2 is 2.22 bits per heavy atom. The van der Waals surface area contributed by atoms with Gasteiger partial charge in [-0.05, 0) is 5.56 Å². The number of nitrogens with two attached hydrogens (primary N) is 1. The molecule has 0 amide bonds. The van der Waals surface area contributed by atoms with Crippen LogP contribution in [0.4, 0.5) is 5.69 Å². The van der Waals surface area contributed by atoms with Gasteiger partial charge in [0.05, 0.1) is 24.7 Å². The van der Waals surface area contributed by atoms with Gasteiger partial charge in [0.2, 0.25) is 0 Å². The molecule has 0 atom stereocenters. The van der Waals surface area contributed by atoms with Crippen molar-refractivity contribution in [2.24, 2.45) is 7.05 Å². The van der Waals surface area contributed by atoms with Crippen molar-refractivity contribution in [2.45, 2.75) is 13.0 Å².